The highest BCUT2D eigenvalue weighted by Crippen LogP contribution is 2.34. The number of rotatable bonds is 4. The Balaban J connectivity index is 1.67. The van der Waals surface area contributed by atoms with Gasteiger partial charge in [-0.3, -0.25) is 0 Å². The van der Waals surface area contributed by atoms with Crippen molar-refractivity contribution < 1.29 is 9.26 Å². The van der Waals surface area contributed by atoms with Gasteiger partial charge in [0.15, 0.2) is 12.4 Å². The fourth-order valence-electron chi connectivity index (χ4n) is 2.85. The van der Waals surface area contributed by atoms with Gasteiger partial charge in [-0.05, 0) is 38.3 Å². The van der Waals surface area contributed by atoms with Gasteiger partial charge in [0, 0.05) is 0 Å². The van der Waals surface area contributed by atoms with Crippen molar-refractivity contribution in [1.82, 2.24) is 10.1 Å². The maximum absolute atomic E-state index is 6.32. The van der Waals surface area contributed by atoms with Crippen molar-refractivity contribution in [2.45, 2.75) is 51.7 Å². The SMILES string of the molecule is Cc1ccc(OCc2nc(C3(N)CCCC3)no2)c(C)c1. The molecule has 1 aromatic heterocycles. The van der Waals surface area contributed by atoms with Crippen molar-refractivity contribution >= 4 is 0 Å². The van der Waals surface area contributed by atoms with Gasteiger partial charge < -0.3 is 15.0 Å². The first-order chi connectivity index (χ1) is 10.1. The predicted molar refractivity (Wildman–Crippen MR) is 78.9 cm³/mol. The Kier molecular flexibility index (Phi) is 3.68. The predicted octanol–water partition coefficient (Wildman–Crippen LogP) is 2.99. The minimum absolute atomic E-state index is 0.271. The number of aromatic nitrogens is 2. The Labute approximate surface area is 124 Å². The maximum atomic E-state index is 6.32. The first-order valence-corrected chi connectivity index (χ1v) is 7.39. The van der Waals surface area contributed by atoms with Gasteiger partial charge in [0.05, 0.1) is 5.54 Å². The molecule has 1 fully saturated rings. The van der Waals surface area contributed by atoms with E-state index < -0.39 is 5.54 Å². The summed E-state index contributed by atoms with van der Waals surface area (Å²) < 4.78 is 11.0. The fraction of sp³-hybridized carbons (Fsp3) is 0.500. The van der Waals surface area contributed by atoms with E-state index in [1.54, 1.807) is 0 Å². The third-order valence-electron chi connectivity index (χ3n) is 4.09. The monoisotopic (exact) mass is 287 g/mol. The van der Waals surface area contributed by atoms with Crippen LogP contribution in [0.1, 0.15) is 48.5 Å². The average molecular weight is 287 g/mol. The van der Waals surface area contributed by atoms with Crippen molar-refractivity contribution in [1.29, 1.82) is 0 Å². The van der Waals surface area contributed by atoms with E-state index in [0.717, 1.165) is 37.0 Å². The molecule has 0 bridgehead atoms. The third-order valence-corrected chi connectivity index (χ3v) is 4.09. The second kappa shape index (κ2) is 5.48. The Morgan fingerprint density at radius 1 is 1.29 bits per heavy atom. The summed E-state index contributed by atoms with van der Waals surface area (Å²) in [7, 11) is 0. The normalized spacial score (nSPS) is 17.1. The van der Waals surface area contributed by atoms with E-state index in [2.05, 4.69) is 23.1 Å². The zero-order valence-electron chi connectivity index (χ0n) is 12.6. The Hall–Kier alpha value is -1.88. The minimum Gasteiger partial charge on any atom is -0.483 e. The lowest BCUT2D eigenvalue weighted by molar-refractivity contribution is 0.240. The molecular weight excluding hydrogens is 266 g/mol. The van der Waals surface area contributed by atoms with Gasteiger partial charge in [-0.15, -0.1) is 0 Å². The number of nitrogens with two attached hydrogens (primary N) is 1. The number of aryl methyl sites for hydroxylation is 2. The van der Waals surface area contributed by atoms with Crippen LogP contribution in [-0.4, -0.2) is 10.1 Å². The van der Waals surface area contributed by atoms with Gasteiger partial charge in [-0.25, -0.2) is 0 Å². The summed E-state index contributed by atoms with van der Waals surface area (Å²) in [6.45, 7) is 4.35. The molecule has 2 aromatic rings. The van der Waals surface area contributed by atoms with E-state index in [4.69, 9.17) is 15.0 Å². The zero-order valence-corrected chi connectivity index (χ0v) is 12.6. The number of nitrogens with zero attached hydrogens (tertiary/aromatic N) is 2. The molecule has 112 valence electrons. The molecular formula is C16H21N3O2. The van der Waals surface area contributed by atoms with Crippen LogP contribution in [0.4, 0.5) is 0 Å². The average Bonchev–Trinajstić information content (AvgIpc) is 3.08. The van der Waals surface area contributed by atoms with Crippen LogP contribution in [0.15, 0.2) is 22.7 Å². The molecule has 1 aromatic carbocycles. The van der Waals surface area contributed by atoms with Gasteiger partial charge in [-0.2, -0.15) is 4.98 Å². The van der Waals surface area contributed by atoms with E-state index >= 15 is 0 Å². The van der Waals surface area contributed by atoms with Crippen molar-refractivity contribution in [2.75, 3.05) is 0 Å². The van der Waals surface area contributed by atoms with Gasteiger partial charge in [-0.1, -0.05) is 35.7 Å². The first kappa shape index (κ1) is 14.1. The highest BCUT2D eigenvalue weighted by Gasteiger charge is 2.35. The molecule has 1 aliphatic carbocycles. The second-order valence-corrected chi connectivity index (χ2v) is 5.93. The van der Waals surface area contributed by atoms with Crippen molar-refractivity contribution in [3.63, 3.8) is 0 Å². The van der Waals surface area contributed by atoms with E-state index in [-0.39, 0.29) is 6.61 Å². The van der Waals surface area contributed by atoms with Crippen LogP contribution in [-0.2, 0) is 12.1 Å². The fourth-order valence-corrected chi connectivity index (χ4v) is 2.85. The molecule has 3 rings (SSSR count). The van der Waals surface area contributed by atoms with Gasteiger partial charge in [0.1, 0.15) is 5.75 Å². The molecule has 0 unspecified atom stereocenters. The molecule has 1 heterocycles. The summed E-state index contributed by atoms with van der Waals surface area (Å²) in [5, 5.41) is 4.03. The summed E-state index contributed by atoms with van der Waals surface area (Å²) in [5.41, 5.74) is 8.21. The van der Waals surface area contributed by atoms with Crippen LogP contribution in [0.2, 0.25) is 0 Å². The van der Waals surface area contributed by atoms with E-state index in [9.17, 15) is 0 Å². The molecule has 1 saturated carbocycles. The molecule has 0 spiro atoms. The Morgan fingerprint density at radius 2 is 2.05 bits per heavy atom. The largest absolute Gasteiger partial charge is 0.483 e. The summed E-state index contributed by atoms with van der Waals surface area (Å²) in [4.78, 5) is 4.40. The topological polar surface area (TPSA) is 74.2 Å². The van der Waals surface area contributed by atoms with Crippen molar-refractivity contribution in [3.05, 3.63) is 41.0 Å². The number of benzene rings is 1. The molecule has 5 nitrogen and oxygen atoms in total. The molecule has 5 heteroatoms. The highest BCUT2D eigenvalue weighted by molar-refractivity contribution is 5.35. The highest BCUT2D eigenvalue weighted by atomic mass is 16.5. The quantitative estimate of drug-likeness (QED) is 0.935. The summed E-state index contributed by atoms with van der Waals surface area (Å²) >= 11 is 0. The van der Waals surface area contributed by atoms with Gasteiger partial charge in [0.2, 0.25) is 0 Å². The summed E-state index contributed by atoms with van der Waals surface area (Å²) in [6.07, 6.45) is 4.09. The van der Waals surface area contributed by atoms with Crippen molar-refractivity contribution in [2.24, 2.45) is 5.73 Å². The number of hydrogen-bond donors (Lipinski definition) is 1. The summed E-state index contributed by atoms with van der Waals surface area (Å²) in [5.74, 6) is 1.92. The standard InChI is InChI=1S/C16H21N3O2/c1-11-5-6-13(12(2)9-11)20-10-14-18-15(19-21-14)16(17)7-3-4-8-16/h5-6,9H,3-4,7-8,10,17H2,1-2H3. The van der Waals surface area contributed by atoms with E-state index in [1.165, 1.54) is 5.56 Å². The summed E-state index contributed by atoms with van der Waals surface area (Å²) in [6, 6.07) is 6.07. The van der Waals surface area contributed by atoms with Crippen LogP contribution < -0.4 is 10.5 Å². The smallest absolute Gasteiger partial charge is 0.264 e. The second-order valence-electron chi connectivity index (χ2n) is 5.93. The third kappa shape index (κ3) is 2.93. The molecule has 1 aliphatic rings. The molecule has 0 aliphatic heterocycles. The zero-order chi connectivity index (χ0) is 14.9. The molecule has 21 heavy (non-hydrogen) atoms. The number of ether oxygens (including phenoxy) is 1. The van der Waals surface area contributed by atoms with Gasteiger partial charge >= 0.3 is 0 Å². The van der Waals surface area contributed by atoms with Crippen LogP contribution in [0, 0.1) is 13.8 Å². The maximum Gasteiger partial charge on any atom is 0.264 e. The van der Waals surface area contributed by atoms with Crippen LogP contribution >= 0.6 is 0 Å². The molecule has 0 saturated heterocycles. The molecule has 0 atom stereocenters. The molecule has 2 N–H and O–H groups in total. The Bertz CT molecular complexity index is 630. The van der Waals surface area contributed by atoms with Crippen LogP contribution in [0.5, 0.6) is 5.75 Å². The van der Waals surface area contributed by atoms with E-state index in [1.807, 2.05) is 19.1 Å². The Morgan fingerprint density at radius 3 is 2.76 bits per heavy atom. The molecule has 0 amide bonds. The van der Waals surface area contributed by atoms with Crippen LogP contribution in [0.25, 0.3) is 0 Å². The lowest BCUT2D eigenvalue weighted by atomic mass is 9.99. The first-order valence-electron chi connectivity index (χ1n) is 7.39. The van der Waals surface area contributed by atoms with Crippen LogP contribution in [0.3, 0.4) is 0 Å². The van der Waals surface area contributed by atoms with E-state index in [0.29, 0.717) is 11.7 Å². The van der Waals surface area contributed by atoms with Crippen molar-refractivity contribution in [3.8, 4) is 5.75 Å². The molecule has 0 radical (unpaired) electrons. The lowest BCUT2D eigenvalue weighted by Gasteiger charge is -2.17. The van der Waals surface area contributed by atoms with Gasteiger partial charge in [0.25, 0.3) is 5.89 Å². The number of hydrogen-bond acceptors (Lipinski definition) is 5. The minimum atomic E-state index is -0.415. The lowest BCUT2D eigenvalue weighted by Crippen LogP contribution is -2.34.